The topological polar surface area (TPSA) is 125 Å². The number of carbonyl (C=O) groups is 4. The van der Waals surface area contributed by atoms with Crippen molar-refractivity contribution in [1.82, 2.24) is 0 Å². The Morgan fingerprint density at radius 3 is 2.11 bits per heavy atom. The molecule has 36 heavy (non-hydrogen) atoms. The van der Waals surface area contributed by atoms with E-state index in [2.05, 4.69) is 13.2 Å². The molecule has 0 spiro atoms. The van der Waals surface area contributed by atoms with Crippen LogP contribution in [0.5, 0.6) is 0 Å². The SMILES string of the molecule is C=C(C)C(=O)OCC(C)COC(=O)C1=CC2C3C=C(C(=O)OCC(O)COC(=O)C(=C)C)C(C3)C2C1. The standard InChI is InChI=1S/C27H34O9/c1-14(2)24(29)33-10-16(5)11-34-26(31)18-8-20-17-6-22(21(20)9-18)23(7-17)27(32)36-13-19(28)12-35-25(30)15(3)4/h7-8,16-17,19-22,28H,1,3,6,9-13H2,2,4-5H3. The Balaban J connectivity index is 1.43. The molecule has 0 aromatic heterocycles. The van der Waals surface area contributed by atoms with E-state index in [-0.39, 0.29) is 61.6 Å². The largest absolute Gasteiger partial charge is 0.462 e. The maximum atomic E-state index is 12.6. The highest BCUT2D eigenvalue weighted by atomic mass is 16.6. The average Bonchev–Trinajstić information content (AvgIpc) is 3.54. The summed E-state index contributed by atoms with van der Waals surface area (Å²) in [6, 6.07) is 0. The fourth-order valence-corrected chi connectivity index (χ4v) is 4.85. The van der Waals surface area contributed by atoms with Crippen LogP contribution in [0.15, 0.2) is 47.6 Å². The number of hydrogen-bond donors (Lipinski definition) is 1. The smallest absolute Gasteiger partial charge is 0.334 e. The number of rotatable bonds is 12. The molecule has 0 aromatic rings. The number of aliphatic hydroxyl groups excluding tert-OH is 1. The van der Waals surface area contributed by atoms with Crippen molar-refractivity contribution in [3.05, 3.63) is 47.6 Å². The van der Waals surface area contributed by atoms with Gasteiger partial charge in [-0.1, -0.05) is 32.2 Å². The Morgan fingerprint density at radius 1 is 0.917 bits per heavy atom. The Morgan fingerprint density at radius 2 is 1.47 bits per heavy atom. The van der Waals surface area contributed by atoms with E-state index in [4.69, 9.17) is 18.9 Å². The van der Waals surface area contributed by atoms with Gasteiger partial charge >= 0.3 is 23.9 Å². The zero-order valence-electron chi connectivity index (χ0n) is 21.0. The molecule has 1 N–H and O–H groups in total. The third kappa shape index (κ3) is 6.51. The lowest BCUT2D eigenvalue weighted by Gasteiger charge is -2.24. The predicted molar refractivity (Wildman–Crippen MR) is 128 cm³/mol. The summed E-state index contributed by atoms with van der Waals surface area (Å²) in [7, 11) is 0. The minimum absolute atomic E-state index is 0.0204. The monoisotopic (exact) mass is 502 g/mol. The van der Waals surface area contributed by atoms with Crippen LogP contribution in [0.1, 0.15) is 33.6 Å². The molecule has 0 heterocycles. The molecule has 9 heteroatoms. The Kier molecular flexibility index (Phi) is 8.89. The van der Waals surface area contributed by atoms with Crippen molar-refractivity contribution in [1.29, 1.82) is 0 Å². The van der Waals surface area contributed by atoms with Gasteiger partial charge in [0.2, 0.25) is 0 Å². The van der Waals surface area contributed by atoms with Crippen LogP contribution in [0, 0.1) is 29.6 Å². The average molecular weight is 503 g/mol. The van der Waals surface area contributed by atoms with Gasteiger partial charge in [-0.15, -0.1) is 0 Å². The van der Waals surface area contributed by atoms with Crippen LogP contribution in [0.4, 0.5) is 0 Å². The molecule has 0 amide bonds. The molecule has 1 saturated carbocycles. The first-order valence-corrected chi connectivity index (χ1v) is 12.1. The quantitative estimate of drug-likeness (QED) is 0.243. The molecule has 0 aliphatic heterocycles. The summed E-state index contributed by atoms with van der Waals surface area (Å²) in [5, 5.41) is 9.93. The second-order valence-corrected chi connectivity index (χ2v) is 9.98. The number of aliphatic hydroxyl groups is 1. The molecular formula is C27H34O9. The summed E-state index contributed by atoms with van der Waals surface area (Å²) < 4.78 is 20.6. The minimum atomic E-state index is -1.13. The van der Waals surface area contributed by atoms with Crippen molar-refractivity contribution in [3.63, 3.8) is 0 Å². The molecule has 3 rings (SSSR count). The van der Waals surface area contributed by atoms with Gasteiger partial charge in [0.15, 0.2) is 0 Å². The summed E-state index contributed by atoms with van der Waals surface area (Å²) in [5.74, 6) is -1.71. The molecule has 6 atom stereocenters. The molecule has 3 aliphatic carbocycles. The summed E-state index contributed by atoms with van der Waals surface area (Å²) in [5.41, 5.74) is 1.70. The van der Waals surface area contributed by atoms with Gasteiger partial charge in [0, 0.05) is 28.2 Å². The number of carbonyl (C=O) groups excluding carboxylic acids is 4. The number of esters is 4. The van der Waals surface area contributed by atoms with Gasteiger partial charge in [-0.3, -0.25) is 0 Å². The van der Waals surface area contributed by atoms with E-state index in [1.54, 1.807) is 6.92 Å². The van der Waals surface area contributed by atoms with E-state index >= 15 is 0 Å². The second-order valence-electron chi connectivity index (χ2n) is 9.98. The van der Waals surface area contributed by atoms with Crippen molar-refractivity contribution in [2.45, 2.75) is 39.7 Å². The molecule has 2 bridgehead atoms. The molecule has 6 unspecified atom stereocenters. The molecule has 196 valence electrons. The van der Waals surface area contributed by atoms with Crippen molar-refractivity contribution in [2.24, 2.45) is 29.6 Å². The molecular weight excluding hydrogens is 468 g/mol. The van der Waals surface area contributed by atoms with E-state index < -0.39 is 30.0 Å². The zero-order chi connectivity index (χ0) is 26.6. The van der Waals surface area contributed by atoms with Crippen LogP contribution in [0.25, 0.3) is 0 Å². The molecule has 9 nitrogen and oxygen atoms in total. The van der Waals surface area contributed by atoms with Crippen molar-refractivity contribution >= 4 is 23.9 Å². The van der Waals surface area contributed by atoms with E-state index in [0.717, 1.165) is 6.42 Å². The number of ether oxygens (including phenoxy) is 4. The van der Waals surface area contributed by atoms with E-state index in [9.17, 15) is 24.3 Å². The Bertz CT molecular complexity index is 1000. The van der Waals surface area contributed by atoms with Crippen LogP contribution in [-0.2, 0) is 38.1 Å². The van der Waals surface area contributed by atoms with Crippen molar-refractivity contribution in [2.75, 3.05) is 26.4 Å². The fraction of sp³-hybridized carbons (Fsp3) is 0.556. The third-order valence-corrected chi connectivity index (χ3v) is 6.68. The highest BCUT2D eigenvalue weighted by Gasteiger charge is 2.52. The number of allylic oxidation sites excluding steroid dienone is 2. The summed E-state index contributed by atoms with van der Waals surface area (Å²) in [4.78, 5) is 48.2. The van der Waals surface area contributed by atoms with Crippen LogP contribution in [-0.4, -0.2) is 61.5 Å². The van der Waals surface area contributed by atoms with Gasteiger partial charge in [0.25, 0.3) is 0 Å². The molecule has 0 aromatic carbocycles. The lowest BCUT2D eigenvalue weighted by molar-refractivity contribution is -0.148. The van der Waals surface area contributed by atoms with Gasteiger partial charge in [-0.25, -0.2) is 19.2 Å². The highest BCUT2D eigenvalue weighted by Crippen LogP contribution is 2.57. The summed E-state index contributed by atoms with van der Waals surface area (Å²) in [6.45, 7) is 11.5. The van der Waals surface area contributed by atoms with Gasteiger partial charge in [0.05, 0.1) is 13.2 Å². The Hall–Kier alpha value is -3.20. The predicted octanol–water partition coefficient (Wildman–Crippen LogP) is 2.45. The summed E-state index contributed by atoms with van der Waals surface area (Å²) >= 11 is 0. The van der Waals surface area contributed by atoms with Crippen LogP contribution in [0.2, 0.25) is 0 Å². The maximum Gasteiger partial charge on any atom is 0.334 e. The lowest BCUT2D eigenvalue weighted by atomic mass is 9.81. The number of fused-ring (bicyclic) bond motifs is 5. The first kappa shape index (κ1) is 27.4. The van der Waals surface area contributed by atoms with E-state index in [1.807, 2.05) is 19.1 Å². The third-order valence-electron chi connectivity index (χ3n) is 6.68. The fourth-order valence-electron chi connectivity index (χ4n) is 4.85. The molecule has 0 saturated heterocycles. The van der Waals surface area contributed by atoms with Gasteiger partial charge in [-0.2, -0.15) is 0 Å². The van der Waals surface area contributed by atoms with Crippen LogP contribution < -0.4 is 0 Å². The zero-order valence-corrected chi connectivity index (χ0v) is 21.0. The minimum Gasteiger partial charge on any atom is -0.462 e. The van der Waals surface area contributed by atoms with E-state index in [1.165, 1.54) is 6.92 Å². The molecule has 1 fully saturated rings. The first-order valence-electron chi connectivity index (χ1n) is 12.1. The summed E-state index contributed by atoms with van der Waals surface area (Å²) in [6.07, 6.45) is 4.08. The van der Waals surface area contributed by atoms with Crippen LogP contribution >= 0.6 is 0 Å². The van der Waals surface area contributed by atoms with Gasteiger partial charge in [-0.05, 0) is 50.4 Å². The number of hydrogen-bond acceptors (Lipinski definition) is 9. The van der Waals surface area contributed by atoms with Crippen molar-refractivity contribution in [3.8, 4) is 0 Å². The van der Waals surface area contributed by atoms with Gasteiger partial charge in [0.1, 0.15) is 19.3 Å². The first-order chi connectivity index (χ1) is 17.0. The van der Waals surface area contributed by atoms with Crippen molar-refractivity contribution < 1.29 is 43.2 Å². The molecule has 3 aliphatic rings. The Labute approximate surface area is 210 Å². The molecule has 0 radical (unpaired) electrons. The van der Waals surface area contributed by atoms with E-state index in [0.29, 0.717) is 23.1 Å². The maximum absolute atomic E-state index is 12.6. The van der Waals surface area contributed by atoms with Crippen LogP contribution in [0.3, 0.4) is 0 Å². The van der Waals surface area contributed by atoms with Gasteiger partial charge < -0.3 is 24.1 Å². The highest BCUT2D eigenvalue weighted by molar-refractivity contribution is 5.92. The second kappa shape index (κ2) is 11.7. The normalized spacial score (nSPS) is 25.1. The lowest BCUT2D eigenvalue weighted by Crippen LogP contribution is -2.28.